The van der Waals surface area contributed by atoms with Crippen molar-refractivity contribution in [3.8, 4) is 0 Å². The van der Waals surface area contributed by atoms with Crippen molar-refractivity contribution >= 4 is 23.4 Å². The number of likely N-dealkylation sites (tertiary alicyclic amines) is 1. The molecule has 0 bridgehead atoms. The average Bonchev–Trinajstić information content (AvgIpc) is 3.19. The first-order valence-corrected chi connectivity index (χ1v) is 8.74. The fourth-order valence-electron chi connectivity index (χ4n) is 3.34. The Bertz CT molecular complexity index is 800. The molecule has 1 unspecified atom stereocenters. The van der Waals surface area contributed by atoms with Crippen molar-refractivity contribution in [3.05, 3.63) is 58.0 Å². The molecule has 0 spiro atoms. The highest BCUT2D eigenvalue weighted by atomic mass is 35.5. The predicted molar refractivity (Wildman–Crippen MR) is 95.7 cm³/mol. The van der Waals surface area contributed by atoms with E-state index in [1.54, 1.807) is 24.8 Å². The van der Waals surface area contributed by atoms with Crippen molar-refractivity contribution in [3.63, 3.8) is 0 Å². The maximum Gasteiger partial charge on any atom is 0.255 e. The zero-order valence-electron chi connectivity index (χ0n) is 14.3. The second kappa shape index (κ2) is 7.31. The van der Waals surface area contributed by atoms with E-state index < -0.39 is 0 Å². The number of hydrogen-bond donors (Lipinski definition) is 1. The zero-order chi connectivity index (χ0) is 18.0. The number of benzene rings is 1. The third kappa shape index (κ3) is 3.71. The van der Waals surface area contributed by atoms with Crippen molar-refractivity contribution in [1.82, 2.24) is 10.2 Å². The molecule has 1 atom stereocenters. The number of rotatable bonds is 4. The lowest BCUT2D eigenvalue weighted by molar-refractivity contribution is -0.131. The van der Waals surface area contributed by atoms with E-state index in [1.165, 1.54) is 0 Å². The smallest absolute Gasteiger partial charge is 0.255 e. The molecule has 0 aliphatic carbocycles. The fourth-order valence-corrected chi connectivity index (χ4v) is 3.60. The van der Waals surface area contributed by atoms with Crippen LogP contribution in [0.15, 0.2) is 34.7 Å². The van der Waals surface area contributed by atoms with Crippen LogP contribution in [0.3, 0.4) is 0 Å². The summed E-state index contributed by atoms with van der Waals surface area (Å²) in [5, 5.41) is 3.36. The largest absolute Gasteiger partial charge is 0.466 e. The van der Waals surface area contributed by atoms with Gasteiger partial charge >= 0.3 is 0 Å². The maximum atomic E-state index is 12.6. The van der Waals surface area contributed by atoms with Crippen LogP contribution in [-0.2, 0) is 4.79 Å². The highest BCUT2D eigenvalue weighted by Crippen LogP contribution is 2.35. The lowest BCUT2D eigenvalue weighted by atomic mass is 10.0. The van der Waals surface area contributed by atoms with Gasteiger partial charge in [0, 0.05) is 11.6 Å². The molecule has 1 saturated heterocycles. The van der Waals surface area contributed by atoms with Crippen molar-refractivity contribution in [2.24, 2.45) is 0 Å². The quantitative estimate of drug-likeness (QED) is 0.905. The first kappa shape index (κ1) is 17.5. The summed E-state index contributed by atoms with van der Waals surface area (Å²) in [6.45, 7) is 4.16. The minimum Gasteiger partial charge on any atom is -0.466 e. The number of halogens is 1. The van der Waals surface area contributed by atoms with Gasteiger partial charge in [0.15, 0.2) is 0 Å². The van der Waals surface area contributed by atoms with E-state index in [-0.39, 0.29) is 24.4 Å². The Labute approximate surface area is 151 Å². The van der Waals surface area contributed by atoms with Crippen LogP contribution in [-0.4, -0.2) is 29.8 Å². The molecular weight excluding hydrogens is 340 g/mol. The van der Waals surface area contributed by atoms with Gasteiger partial charge in [0.1, 0.15) is 11.5 Å². The van der Waals surface area contributed by atoms with Gasteiger partial charge in [-0.2, -0.15) is 0 Å². The molecular formula is C19H21ClN2O3. The van der Waals surface area contributed by atoms with E-state index in [1.807, 2.05) is 24.3 Å². The molecule has 2 aromatic rings. The Morgan fingerprint density at radius 3 is 2.76 bits per heavy atom. The number of carbonyl (C=O) groups is 2. The van der Waals surface area contributed by atoms with Gasteiger partial charge < -0.3 is 14.6 Å². The molecule has 1 N–H and O–H groups in total. The molecule has 2 amide bonds. The molecule has 1 aromatic heterocycles. The number of furan rings is 1. The van der Waals surface area contributed by atoms with Crippen molar-refractivity contribution in [2.45, 2.75) is 32.7 Å². The number of carbonyl (C=O) groups excluding carboxylic acids is 2. The average molecular weight is 361 g/mol. The van der Waals surface area contributed by atoms with E-state index in [0.717, 1.165) is 18.4 Å². The highest BCUT2D eigenvalue weighted by molar-refractivity contribution is 6.31. The molecule has 6 heteroatoms. The van der Waals surface area contributed by atoms with Gasteiger partial charge in [0.2, 0.25) is 5.91 Å². The van der Waals surface area contributed by atoms with E-state index in [4.69, 9.17) is 16.0 Å². The molecule has 3 rings (SSSR count). The second-order valence-electron chi connectivity index (χ2n) is 6.28. The van der Waals surface area contributed by atoms with Crippen LogP contribution in [0.4, 0.5) is 0 Å². The molecule has 1 aliphatic heterocycles. The van der Waals surface area contributed by atoms with Gasteiger partial charge in [0.25, 0.3) is 5.91 Å². The predicted octanol–water partition coefficient (Wildman–Crippen LogP) is 3.64. The molecule has 2 heterocycles. The van der Waals surface area contributed by atoms with Gasteiger partial charge in [-0.25, -0.2) is 0 Å². The van der Waals surface area contributed by atoms with Crippen molar-refractivity contribution < 1.29 is 14.0 Å². The molecule has 0 radical (unpaired) electrons. The van der Waals surface area contributed by atoms with Gasteiger partial charge in [-0.3, -0.25) is 9.59 Å². The number of nitrogens with zero attached hydrogens (tertiary/aromatic N) is 1. The van der Waals surface area contributed by atoms with Crippen LogP contribution in [0.5, 0.6) is 0 Å². The summed E-state index contributed by atoms with van der Waals surface area (Å²) >= 11 is 6.28. The van der Waals surface area contributed by atoms with Gasteiger partial charge in [-0.05, 0) is 44.4 Å². The Kier molecular flexibility index (Phi) is 5.13. The molecule has 25 heavy (non-hydrogen) atoms. The normalized spacial score (nSPS) is 16.9. The summed E-state index contributed by atoms with van der Waals surface area (Å²) in [7, 11) is 0. The lowest BCUT2D eigenvalue weighted by Crippen LogP contribution is -2.40. The molecule has 132 valence electrons. The van der Waals surface area contributed by atoms with Crippen LogP contribution in [0.1, 0.15) is 46.3 Å². The fraction of sp³-hybridized carbons (Fsp3) is 0.368. The SMILES string of the molecule is Cc1cc(C(=O)NCC(=O)N2CCCC2c2ccccc2Cl)c(C)o1. The van der Waals surface area contributed by atoms with E-state index in [9.17, 15) is 9.59 Å². The first-order chi connectivity index (χ1) is 12.0. The first-order valence-electron chi connectivity index (χ1n) is 8.36. The van der Waals surface area contributed by atoms with E-state index in [0.29, 0.717) is 28.7 Å². The Balaban J connectivity index is 1.65. The summed E-state index contributed by atoms with van der Waals surface area (Å²) in [6, 6.07) is 9.24. The van der Waals surface area contributed by atoms with Gasteiger partial charge in [0.05, 0.1) is 18.2 Å². The third-order valence-electron chi connectivity index (χ3n) is 4.52. The summed E-state index contributed by atoms with van der Waals surface area (Å²) in [4.78, 5) is 26.7. The topological polar surface area (TPSA) is 62.6 Å². The molecule has 1 aromatic carbocycles. The number of hydrogen-bond acceptors (Lipinski definition) is 3. The monoisotopic (exact) mass is 360 g/mol. The van der Waals surface area contributed by atoms with Crippen LogP contribution >= 0.6 is 11.6 Å². The number of amides is 2. The Hall–Kier alpha value is -2.27. The standard InChI is InChI=1S/C19H21ClN2O3/c1-12-10-15(13(2)25-12)19(24)21-11-18(23)22-9-5-8-17(22)14-6-3-4-7-16(14)20/h3-4,6-7,10,17H,5,8-9,11H2,1-2H3,(H,21,24). The van der Waals surface area contributed by atoms with Crippen molar-refractivity contribution in [2.75, 3.05) is 13.1 Å². The van der Waals surface area contributed by atoms with Crippen LogP contribution < -0.4 is 5.32 Å². The summed E-state index contributed by atoms with van der Waals surface area (Å²) in [5.74, 6) is 0.828. The Morgan fingerprint density at radius 1 is 1.32 bits per heavy atom. The molecule has 1 aliphatic rings. The molecule has 1 fully saturated rings. The van der Waals surface area contributed by atoms with E-state index in [2.05, 4.69) is 5.32 Å². The number of nitrogens with one attached hydrogen (secondary N) is 1. The second-order valence-corrected chi connectivity index (χ2v) is 6.68. The van der Waals surface area contributed by atoms with Crippen LogP contribution in [0, 0.1) is 13.8 Å². The third-order valence-corrected chi connectivity index (χ3v) is 4.87. The van der Waals surface area contributed by atoms with Crippen LogP contribution in [0.2, 0.25) is 5.02 Å². The molecule has 5 nitrogen and oxygen atoms in total. The van der Waals surface area contributed by atoms with E-state index >= 15 is 0 Å². The Morgan fingerprint density at radius 2 is 2.08 bits per heavy atom. The van der Waals surface area contributed by atoms with Gasteiger partial charge in [-0.1, -0.05) is 29.8 Å². The summed E-state index contributed by atoms with van der Waals surface area (Å²) in [5.41, 5.74) is 1.43. The maximum absolute atomic E-state index is 12.6. The summed E-state index contributed by atoms with van der Waals surface area (Å²) in [6.07, 6.45) is 1.80. The minimum atomic E-state index is -0.295. The molecule has 0 saturated carbocycles. The highest BCUT2D eigenvalue weighted by Gasteiger charge is 2.31. The zero-order valence-corrected chi connectivity index (χ0v) is 15.1. The lowest BCUT2D eigenvalue weighted by Gasteiger charge is -2.26. The summed E-state index contributed by atoms with van der Waals surface area (Å²) < 4.78 is 5.36. The van der Waals surface area contributed by atoms with Gasteiger partial charge in [-0.15, -0.1) is 0 Å². The van der Waals surface area contributed by atoms with Crippen LogP contribution in [0.25, 0.3) is 0 Å². The van der Waals surface area contributed by atoms with Crippen molar-refractivity contribution in [1.29, 1.82) is 0 Å². The minimum absolute atomic E-state index is 0.0315. The number of aryl methyl sites for hydroxylation is 2.